The highest BCUT2D eigenvalue weighted by atomic mass is 16.6. The summed E-state index contributed by atoms with van der Waals surface area (Å²) >= 11 is 0. The molecule has 0 atom stereocenters. The summed E-state index contributed by atoms with van der Waals surface area (Å²) in [4.78, 5) is 34.0. The third-order valence-electron chi connectivity index (χ3n) is 3.39. The van der Waals surface area contributed by atoms with Crippen molar-refractivity contribution in [3.05, 3.63) is 64.2 Å². The first-order valence-corrected chi connectivity index (χ1v) is 7.95. The van der Waals surface area contributed by atoms with Crippen molar-refractivity contribution in [1.82, 2.24) is 5.32 Å². The van der Waals surface area contributed by atoms with Crippen molar-refractivity contribution >= 4 is 17.6 Å². The Balaban J connectivity index is 1.77. The van der Waals surface area contributed by atoms with Crippen LogP contribution in [0.25, 0.3) is 0 Å². The van der Waals surface area contributed by atoms with E-state index in [1.807, 2.05) is 18.2 Å². The number of nitrogens with one attached hydrogen (secondary N) is 1. The van der Waals surface area contributed by atoms with Gasteiger partial charge in [-0.2, -0.15) is 0 Å². The molecule has 142 valence electrons. The van der Waals surface area contributed by atoms with Gasteiger partial charge in [-0.05, 0) is 24.3 Å². The minimum absolute atomic E-state index is 0.0254. The Labute approximate surface area is 155 Å². The number of hydrogen-bond donors (Lipinski definition) is 1. The van der Waals surface area contributed by atoms with Gasteiger partial charge < -0.3 is 19.5 Å². The molecule has 0 spiro atoms. The first kappa shape index (κ1) is 19.7. The molecule has 0 aliphatic heterocycles. The monoisotopic (exact) mass is 374 g/mol. The number of carbonyl (C=O) groups excluding carboxylic acids is 2. The summed E-state index contributed by atoms with van der Waals surface area (Å²) in [5.74, 6) is -0.599. The van der Waals surface area contributed by atoms with E-state index < -0.39 is 16.8 Å². The number of amides is 1. The van der Waals surface area contributed by atoms with Gasteiger partial charge in [-0.1, -0.05) is 18.2 Å². The standard InChI is InChI=1S/C18H18N2O7/c1-25-16-8-7-13(11-15(16)20(23)24)18(22)19-12-17(21)27-10-9-26-14-5-3-2-4-6-14/h2-8,11H,9-10,12H2,1H3,(H,19,22). The Bertz CT molecular complexity index is 809. The first-order chi connectivity index (χ1) is 13.0. The second-order valence-electron chi connectivity index (χ2n) is 5.21. The molecule has 0 saturated carbocycles. The number of hydrogen-bond acceptors (Lipinski definition) is 7. The number of nitro groups is 1. The number of esters is 1. The molecule has 0 unspecified atom stereocenters. The van der Waals surface area contributed by atoms with Crippen LogP contribution in [0, 0.1) is 10.1 Å². The topological polar surface area (TPSA) is 117 Å². The van der Waals surface area contributed by atoms with Crippen LogP contribution in [-0.2, 0) is 9.53 Å². The van der Waals surface area contributed by atoms with Crippen molar-refractivity contribution in [2.75, 3.05) is 26.9 Å². The average Bonchev–Trinajstić information content (AvgIpc) is 2.69. The van der Waals surface area contributed by atoms with Gasteiger partial charge >= 0.3 is 11.7 Å². The van der Waals surface area contributed by atoms with Gasteiger partial charge in [0.2, 0.25) is 0 Å². The highest BCUT2D eigenvalue weighted by Crippen LogP contribution is 2.27. The van der Waals surface area contributed by atoms with E-state index in [1.54, 1.807) is 12.1 Å². The number of nitrogens with zero attached hydrogens (tertiary/aromatic N) is 1. The maximum absolute atomic E-state index is 12.0. The molecule has 0 aliphatic carbocycles. The van der Waals surface area contributed by atoms with E-state index in [0.717, 1.165) is 6.07 Å². The van der Waals surface area contributed by atoms with Gasteiger partial charge in [0.15, 0.2) is 5.75 Å². The van der Waals surface area contributed by atoms with Crippen molar-refractivity contribution in [1.29, 1.82) is 0 Å². The molecule has 0 heterocycles. The Kier molecular flexibility index (Phi) is 7.12. The van der Waals surface area contributed by atoms with Crippen LogP contribution >= 0.6 is 0 Å². The second kappa shape index (κ2) is 9.76. The molecule has 2 aromatic rings. The fourth-order valence-electron chi connectivity index (χ4n) is 2.11. The third kappa shape index (κ3) is 5.99. The van der Waals surface area contributed by atoms with E-state index in [4.69, 9.17) is 14.2 Å². The molecule has 9 heteroatoms. The molecule has 1 amide bonds. The second-order valence-corrected chi connectivity index (χ2v) is 5.21. The summed E-state index contributed by atoms with van der Waals surface area (Å²) in [7, 11) is 1.29. The molecule has 0 aliphatic rings. The number of methoxy groups -OCH3 is 1. The molecule has 9 nitrogen and oxygen atoms in total. The van der Waals surface area contributed by atoms with Crippen molar-refractivity contribution < 1.29 is 28.7 Å². The Morgan fingerprint density at radius 2 is 1.85 bits per heavy atom. The van der Waals surface area contributed by atoms with Crippen LogP contribution in [0.15, 0.2) is 48.5 Å². The summed E-state index contributed by atoms with van der Waals surface area (Å²) in [6, 6.07) is 12.8. The van der Waals surface area contributed by atoms with Crippen LogP contribution < -0.4 is 14.8 Å². The molecule has 2 aromatic carbocycles. The van der Waals surface area contributed by atoms with Crippen LogP contribution in [0.5, 0.6) is 11.5 Å². The molecule has 2 rings (SSSR count). The molecule has 1 N–H and O–H groups in total. The van der Waals surface area contributed by atoms with E-state index in [2.05, 4.69) is 5.32 Å². The van der Waals surface area contributed by atoms with E-state index >= 15 is 0 Å². The van der Waals surface area contributed by atoms with Gasteiger partial charge in [-0.15, -0.1) is 0 Å². The highest BCUT2D eigenvalue weighted by molar-refractivity contribution is 5.96. The van der Waals surface area contributed by atoms with E-state index in [1.165, 1.54) is 19.2 Å². The zero-order valence-electron chi connectivity index (χ0n) is 14.5. The van der Waals surface area contributed by atoms with Crippen LogP contribution in [0.1, 0.15) is 10.4 Å². The minimum atomic E-state index is -0.656. The highest BCUT2D eigenvalue weighted by Gasteiger charge is 2.18. The van der Waals surface area contributed by atoms with Gasteiger partial charge in [-0.3, -0.25) is 19.7 Å². The van der Waals surface area contributed by atoms with Crippen molar-refractivity contribution in [2.45, 2.75) is 0 Å². The summed E-state index contributed by atoms with van der Waals surface area (Å²) in [6.07, 6.45) is 0. The summed E-state index contributed by atoms with van der Waals surface area (Å²) in [5.41, 5.74) is -0.312. The normalized spacial score (nSPS) is 9.96. The van der Waals surface area contributed by atoms with E-state index in [9.17, 15) is 19.7 Å². The summed E-state index contributed by atoms with van der Waals surface area (Å²) in [6.45, 7) is -0.171. The number of nitro benzene ring substituents is 1. The van der Waals surface area contributed by atoms with Crippen LogP contribution in [0.2, 0.25) is 0 Å². The molecule has 0 bridgehead atoms. The molecular weight excluding hydrogens is 356 g/mol. The number of ether oxygens (including phenoxy) is 3. The minimum Gasteiger partial charge on any atom is -0.490 e. The Morgan fingerprint density at radius 3 is 2.52 bits per heavy atom. The van der Waals surface area contributed by atoms with E-state index in [-0.39, 0.29) is 36.8 Å². The average molecular weight is 374 g/mol. The van der Waals surface area contributed by atoms with Crippen molar-refractivity contribution in [2.24, 2.45) is 0 Å². The predicted molar refractivity (Wildman–Crippen MR) is 94.9 cm³/mol. The zero-order valence-corrected chi connectivity index (χ0v) is 14.5. The zero-order chi connectivity index (χ0) is 19.6. The van der Waals surface area contributed by atoms with Gasteiger partial charge in [0.1, 0.15) is 25.5 Å². The van der Waals surface area contributed by atoms with E-state index in [0.29, 0.717) is 5.75 Å². The summed E-state index contributed by atoms with van der Waals surface area (Å²) < 4.78 is 15.2. The lowest BCUT2D eigenvalue weighted by molar-refractivity contribution is -0.385. The SMILES string of the molecule is COc1ccc(C(=O)NCC(=O)OCCOc2ccccc2)cc1[N+](=O)[O-]. The lowest BCUT2D eigenvalue weighted by Crippen LogP contribution is -2.31. The van der Waals surface area contributed by atoms with Crippen LogP contribution in [-0.4, -0.2) is 43.7 Å². The van der Waals surface area contributed by atoms with Gasteiger partial charge in [0.05, 0.1) is 12.0 Å². The molecule has 0 radical (unpaired) electrons. The lowest BCUT2D eigenvalue weighted by Gasteiger charge is -2.08. The third-order valence-corrected chi connectivity index (χ3v) is 3.39. The van der Waals surface area contributed by atoms with Gasteiger partial charge in [0.25, 0.3) is 5.91 Å². The Morgan fingerprint density at radius 1 is 1.11 bits per heavy atom. The molecule has 0 aromatic heterocycles. The van der Waals surface area contributed by atoms with Crippen molar-refractivity contribution in [3.8, 4) is 11.5 Å². The van der Waals surface area contributed by atoms with Crippen LogP contribution in [0.3, 0.4) is 0 Å². The predicted octanol–water partition coefficient (Wildman–Crippen LogP) is 1.96. The van der Waals surface area contributed by atoms with Gasteiger partial charge in [-0.25, -0.2) is 0 Å². The van der Waals surface area contributed by atoms with Crippen molar-refractivity contribution in [3.63, 3.8) is 0 Å². The number of rotatable bonds is 9. The van der Waals surface area contributed by atoms with Crippen LogP contribution in [0.4, 0.5) is 5.69 Å². The van der Waals surface area contributed by atoms with Gasteiger partial charge in [0, 0.05) is 11.6 Å². The number of benzene rings is 2. The smallest absolute Gasteiger partial charge is 0.325 e. The molecule has 0 fully saturated rings. The fraction of sp³-hybridized carbons (Fsp3) is 0.222. The largest absolute Gasteiger partial charge is 0.490 e. The first-order valence-electron chi connectivity index (χ1n) is 7.95. The molecular formula is C18H18N2O7. The quantitative estimate of drug-likeness (QED) is 0.308. The maximum atomic E-state index is 12.0. The maximum Gasteiger partial charge on any atom is 0.325 e. The lowest BCUT2D eigenvalue weighted by atomic mass is 10.1. The Hall–Kier alpha value is -3.62. The molecule has 0 saturated heterocycles. The fourth-order valence-corrected chi connectivity index (χ4v) is 2.11. The number of para-hydroxylation sites is 1. The molecule has 27 heavy (non-hydrogen) atoms. The summed E-state index contributed by atoms with van der Waals surface area (Å²) in [5, 5.41) is 13.3. The number of carbonyl (C=O) groups is 2.